The van der Waals surface area contributed by atoms with Crippen LogP contribution in [0.2, 0.25) is 0 Å². The molecule has 0 fully saturated rings. The molecule has 0 aromatic heterocycles. The smallest absolute Gasteiger partial charge is 0.197 e. The van der Waals surface area contributed by atoms with E-state index in [4.69, 9.17) is 9.84 Å². The maximum absolute atomic E-state index is 8.62. The summed E-state index contributed by atoms with van der Waals surface area (Å²) in [6, 6.07) is 0. The quantitative estimate of drug-likeness (QED) is 0.391. The van der Waals surface area contributed by atoms with Crippen LogP contribution < -0.4 is 0 Å². The first-order valence-corrected chi connectivity index (χ1v) is 4.64. The SMILES string of the molecule is CN=C(N(C)C)N(C)C(C)OCCO. The van der Waals surface area contributed by atoms with E-state index in [0.29, 0.717) is 6.61 Å². The van der Waals surface area contributed by atoms with Crippen molar-refractivity contribution in [1.82, 2.24) is 9.80 Å². The summed E-state index contributed by atoms with van der Waals surface area (Å²) < 4.78 is 5.35. The minimum absolute atomic E-state index is 0.0404. The number of guanidine groups is 1. The van der Waals surface area contributed by atoms with E-state index >= 15 is 0 Å². The fraction of sp³-hybridized carbons (Fsp3) is 0.889. The molecule has 1 N–H and O–H groups in total. The van der Waals surface area contributed by atoms with Gasteiger partial charge in [0.05, 0.1) is 13.2 Å². The molecule has 0 amide bonds. The molecule has 0 saturated carbocycles. The van der Waals surface area contributed by atoms with Crippen molar-refractivity contribution in [2.75, 3.05) is 41.4 Å². The summed E-state index contributed by atoms with van der Waals surface area (Å²) in [4.78, 5) is 7.97. The van der Waals surface area contributed by atoms with Crippen LogP contribution in [0.5, 0.6) is 0 Å². The number of hydrogen-bond donors (Lipinski definition) is 1. The van der Waals surface area contributed by atoms with Crippen molar-refractivity contribution in [2.24, 2.45) is 4.99 Å². The lowest BCUT2D eigenvalue weighted by molar-refractivity contribution is -0.0222. The highest BCUT2D eigenvalue weighted by atomic mass is 16.5. The van der Waals surface area contributed by atoms with Crippen molar-refractivity contribution in [1.29, 1.82) is 0 Å². The molecule has 0 spiro atoms. The molecule has 0 aliphatic heterocycles. The van der Waals surface area contributed by atoms with Gasteiger partial charge in [0.25, 0.3) is 0 Å². The second kappa shape index (κ2) is 6.62. The van der Waals surface area contributed by atoms with Crippen LogP contribution in [0.15, 0.2) is 4.99 Å². The fourth-order valence-corrected chi connectivity index (χ4v) is 1.17. The van der Waals surface area contributed by atoms with E-state index in [9.17, 15) is 0 Å². The van der Waals surface area contributed by atoms with Gasteiger partial charge in [0, 0.05) is 28.2 Å². The molecule has 5 nitrogen and oxygen atoms in total. The molecule has 0 rings (SSSR count). The highest BCUT2D eigenvalue weighted by Gasteiger charge is 2.14. The zero-order chi connectivity index (χ0) is 11.1. The lowest BCUT2D eigenvalue weighted by Gasteiger charge is -2.31. The molecule has 0 aromatic carbocycles. The molecular weight excluding hydrogens is 182 g/mol. The van der Waals surface area contributed by atoms with Gasteiger partial charge in [0.2, 0.25) is 0 Å². The van der Waals surface area contributed by atoms with E-state index in [1.54, 1.807) is 7.05 Å². The highest BCUT2D eigenvalue weighted by Crippen LogP contribution is 2.00. The second-order valence-electron chi connectivity index (χ2n) is 3.22. The van der Waals surface area contributed by atoms with Gasteiger partial charge in [-0.3, -0.25) is 4.99 Å². The molecule has 0 aromatic rings. The first-order valence-electron chi connectivity index (χ1n) is 4.64. The van der Waals surface area contributed by atoms with Gasteiger partial charge in [-0.2, -0.15) is 0 Å². The summed E-state index contributed by atoms with van der Waals surface area (Å²) in [6.45, 7) is 2.30. The van der Waals surface area contributed by atoms with Crippen LogP contribution in [0.4, 0.5) is 0 Å². The zero-order valence-corrected chi connectivity index (χ0v) is 9.69. The Hall–Kier alpha value is -0.810. The molecule has 0 saturated heterocycles. The normalized spacial score (nSPS) is 14.0. The Morgan fingerprint density at radius 2 is 2.00 bits per heavy atom. The first kappa shape index (κ1) is 13.2. The molecule has 1 unspecified atom stereocenters. The van der Waals surface area contributed by atoms with Crippen molar-refractivity contribution in [3.63, 3.8) is 0 Å². The van der Waals surface area contributed by atoms with Crippen LogP contribution in [0.1, 0.15) is 6.92 Å². The molecule has 1 atom stereocenters. The molecule has 84 valence electrons. The Kier molecular flexibility index (Phi) is 6.23. The predicted molar refractivity (Wildman–Crippen MR) is 57.3 cm³/mol. The number of ether oxygens (including phenoxy) is 1. The zero-order valence-electron chi connectivity index (χ0n) is 9.69. The average Bonchev–Trinajstić information content (AvgIpc) is 2.14. The van der Waals surface area contributed by atoms with Gasteiger partial charge in [-0.25, -0.2) is 0 Å². The van der Waals surface area contributed by atoms with Gasteiger partial charge in [-0.15, -0.1) is 0 Å². The Morgan fingerprint density at radius 1 is 1.43 bits per heavy atom. The van der Waals surface area contributed by atoms with E-state index in [0.717, 1.165) is 5.96 Å². The summed E-state index contributed by atoms with van der Waals surface area (Å²) in [7, 11) is 7.50. The minimum atomic E-state index is -0.0942. The molecular formula is C9H21N3O2. The summed E-state index contributed by atoms with van der Waals surface area (Å²) in [5.74, 6) is 0.843. The van der Waals surface area contributed by atoms with E-state index in [1.807, 2.05) is 37.9 Å². The van der Waals surface area contributed by atoms with Gasteiger partial charge >= 0.3 is 0 Å². The standard InChI is InChI=1S/C9H21N3O2/c1-8(14-7-6-13)12(5)9(10-2)11(3)4/h8,13H,6-7H2,1-5H3. The predicted octanol–water partition coefficient (Wildman–Crippen LogP) is -0.179. The van der Waals surface area contributed by atoms with Crippen LogP contribution in [0.25, 0.3) is 0 Å². The van der Waals surface area contributed by atoms with Crippen molar-refractivity contribution in [3.05, 3.63) is 0 Å². The lowest BCUT2D eigenvalue weighted by Crippen LogP contribution is -2.44. The van der Waals surface area contributed by atoms with Crippen LogP contribution in [0.3, 0.4) is 0 Å². The summed E-state index contributed by atoms with van der Waals surface area (Å²) in [5.41, 5.74) is 0. The molecule has 14 heavy (non-hydrogen) atoms. The van der Waals surface area contributed by atoms with Gasteiger partial charge in [0.1, 0.15) is 6.23 Å². The van der Waals surface area contributed by atoms with Gasteiger partial charge in [0.15, 0.2) is 5.96 Å². The molecule has 0 aliphatic rings. The third-order valence-corrected chi connectivity index (χ3v) is 1.91. The van der Waals surface area contributed by atoms with E-state index in [2.05, 4.69) is 4.99 Å². The number of rotatable bonds is 4. The number of aliphatic hydroxyl groups is 1. The van der Waals surface area contributed by atoms with E-state index < -0.39 is 0 Å². The fourth-order valence-electron chi connectivity index (χ4n) is 1.17. The Labute approximate surface area is 86.0 Å². The summed E-state index contributed by atoms with van der Waals surface area (Å²) >= 11 is 0. The van der Waals surface area contributed by atoms with Gasteiger partial charge in [-0.05, 0) is 6.92 Å². The molecule has 0 radical (unpaired) electrons. The monoisotopic (exact) mass is 203 g/mol. The number of hydrogen-bond acceptors (Lipinski definition) is 3. The minimum Gasteiger partial charge on any atom is -0.394 e. The van der Waals surface area contributed by atoms with Crippen molar-refractivity contribution in [2.45, 2.75) is 13.2 Å². The van der Waals surface area contributed by atoms with Crippen molar-refractivity contribution in [3.8, 4) is 0 Å². The van der Waals surface area contributed by atoms with Gasteiger partial charge < -0.3 is 19.6 Å². The van der Waals surface area contributed by atoms with Crippen molar-refractivity contribution >= 4 is 5.96 Å². The number of aliphatic imine (C=N–C) groups is 1. The molecule has 0 heterocycles. The molecule has 0 aliphatic carbocycles. The van der Waals surface area contributed by atoms with Gasteiger partial charge in [-0.1, -0.05) is 0 Å². The van der Waals surface area contributed by atoms with Crippen LogP contribution in [0, 0.1) is 0 Å². The van der Waals surface area contributed by atoms with Crippen LogP contribution in [-0.2, 0) is 4.74 Å². The average molecular weight is 203 g/mol. The lowest BCUT2D eigenvalue weighted by atomic mass is 10.5. The third-order valence-electron chi connectivity index (χ3n) is 1.91. The second-order valence-corrected chi connectivity index (χ2v) is 3.22. The maximum atomic E-state index is 8.62. The molecule has 5 heteroatoms. The maximum Gasteiger partial charge on any atom is 0.197 e. The molecule has 0 bridgehead atoms. The third kappa shape index (κ3) is 3.93. The Morgan fingerprint density at radius 3 is 2.36 bits per heavy atom. The summed E-state index contributed by atoms with van der Waals surface area (Å²) in [6.07, 6.45) is -0.0942. The topological polar surface area (TPSA) is 48.3 Å². The van der Waals surface area contributed by atoms with Crippen molar-refractivity contribution < 1.29 is 9.84 Å². The number of nitrogens with zero attached hydrogens (tertiary/aromatic N) is 3. The highest BCUT2D eigenvalue weighted by molar-refractivity contribution is 5.79. The van der Waals surface area contributed by atoms with Crippen LogP contribution in [-0.4, -0.2) is 68.5 Å². The first-order chi connectivity index (χ1) is 6.54. The van der Waals surface area contributed by atoms with E-state index in [1.165, 1.54) is 0 Å². The Bertz CT molecular complexity index is 183. The summed E-state index contributed by atoms with van der Waals surface area (Å²) in [5, 5.41) is 8.62. The Balaban J connectivity index is 4.21. The van der Waals surface area contributed by atoms with E-state index in [-0.39, 0.29) is 12.8 Å². The largest absolute Gasteiger partial charge is 0.394 e. The van der Waals surface area contributed by atoms with Crippen LogP contribution >= 0.6 is 0 Å². The number of aliphatic hydroxyl groups excluding tert-OH is 1.